The van der Waals surface area contributed by atoms with E-state index in [2.05, 4.69) is 17.1 Å². The van der Waals surface area contributed by atoms with E-state index in [0.29, 0.717) is 31.1 Å². The van der Waals surface area contributed by atoms with Gasteiger partial charge in [0, 0.05) is 25.2 Å². The van der Waals surface area contributed by atoms with Crippen LogP contribution in [0.1, 0.15) is 61.4 Å². The van der Waals surface area contributed by atoms with Crippen molar-refractivity contribution in [2.75, 3.05) is 39.3 Å². The van der Waals surface area contributed by atoms with Gasteiger partial charge in [0.05, 0.1) is 4.90 Å². The maximum Gasteiger partial charge on any atom is 0.251 e. The van der Waals surface area contributed by atoms with E-state index < -0.39 is 10.0 Å². The van der Waals surface area contributed by atoms with Crippen molar-refractivity contribution < 1.29 is 13.2 Å². The van der Waals surface area contributed by atoms with Gasteiger partial charge in [0.2, 0.25) is 10.0 Å². The third kappa shape index (κ3) is 5.80. The molecule has 2 aliphatic heterocycles. The molecule has 0 atom stereocenters. The molecular weight excluding hydrogens is 386 g/mol. The molecule has 2 aliphatic rings. The van der Waals surface area contributed by atoms with Crippen LogP contribution < -0.4 is 5.32 Å². The minimum Gasteiger partial charge on any atom is -0.352 e. The highest BCUT2D eigenvalue weighted by Gasteiger charge is 2.28. The third-order valence-corrected chi connectivity index (χ3v) is 8.11. The number of rotatable bonds is 7. The first kappa shape index (κ1) is 22.2. The largest absolute Gasteiger partial charge is 0.352 e. The summed E-state index contributed by atoms with van der Waals surface area (Å²) in [6.45, 7) is 9.03. The average Bonchev–Trinajstić information content (AvgIpc) is 2.72. The summed E-state index contributed by atoms with van der Waals surface area (Å²) in [4.78, 5) is 15.4. The fourth-order valence-electron chi connectivity index (χ4n) is 4.16. The van der Waals surface area contributed by atoms with Gasteiger partial charge in [-0.1, -0.05) is 19.4 Å². The quantitative estimate of drug-likeness (QED) is 0.687. The van der Waals surface area contributed by atoms with Crippen molar-refractivity contribution in [2.24, 2.45) is 5.92 Å². The lowest BCUT2D eigenvalue weighted by atomic mass is 10.0. The Morgan fingerprint density at radius 3 is 2.48 bits per heavy atom. The number of nitrogens with one attached hydrogen (secondary N) is 1. The monoisotopic (exact) mass is 421 g/mol. The summed E-state index contributed by atoms with van der Waals surface area (Å²) >= 11 is 0. The van der Waals surface area contributed by atoms with Gasteiger partial charge in [-0.2, -0.15) is 4.31 Å². The molecule has 1 aromatic carbocycles. The zero-order chi connectivity index (χ0) is 20.9. The molecule has 0 aliphatic carbocycles. The molecule has 0 saturated carbocycles. The number of benzene rings is 1. The van der Waals surface area contributed by atoms with Crippen LogP contribution in [0.5, 0.6) is 0 Å². The van der Waals surface area contributed by atoms with Crippen molar-refractivity contribution in [3.8, 4) is 0 Å². The van der Waals surface area contributed by atoms with E-state index in [-0.39, 0.29) is 10.8 Å². The van der Waals surface area contributed by atoms with Crippen molar-refractivity contribution in [2.45, 2.75) is 57.3 Å². The predicted octanol–water partition coefficient (Wildman–Crippen LogP) is 3.02. The minimum atomic E-state index is -3.55. The molecule has 29 heavy (non-hydrogen) atoms. The average molecular weight is 422 g/mol. The summed E-state index contributed by atoms with van der Waals surface area (Å²) in [6, 6.07) is 4.90. The smallest absolute Gasteiger partial charge is 0.251 e. The van der Waals surface area contributed by atoms with Crippen LogP contribution in [0.15, 0.2) is 23.1 Å². The Bertz CT molecular complexity index is 796. The molecule has 0 spiro atoms. The summed E-state index contributed by atoms with van der Waals surface area (Å²) in [5.41, 5.74) is 1.25. The van der Waals surface area contributed by atoms with Gasteiger partial charge in [-0.05, 0) is 82.3 Å². The molecule has 0 radical (unpaired) electrons. The molecule has 2 fully saturated rings. The lowest BCUT2D eigenvalue weighted by Crippen LogP contribution is -2.38. The van der Waals surface area contributed by atoms with Crippen LogP contribution in [0, 0.1) is 12.8 Å². The Labute approximate surface area is 175 Å². The number of aryl methyl sites for hydroxylation is 1. The van der Waals surface area contributed by atoms with Gasteiger partial charge in [-0.25, -0.2) is 8.42 Å². The van der Waals surface area contributed by atoms with Crippen LogP contribution in [0.3, 0.4) is 0 Å². The number of nitrogens with zero attached hydrogens (tertiary/aromatic N) is 2. The number of sulfonamides is 1. The lowest BCUT2D eigenvalue weighted by Gasteiger charge is -2.29. The number of carbonyl (C=O) groups excluding carboxylic acids is 1. The minimum absolute atomic E-state index is 0.189. The summed E-state index contributed by atoms with van der Waals surface area (Å²) in [5, 5.41) is 2.97. The Hall–Kier alpha value is -1.44. The van der Waals surface area contributed by atoms with E-state index in [9.17, 15) is 13.2 Å². The number of amides is 1. The highest BCUT2D eigenvalue weighted by molar-refractivity contribution is 7.89. The Morgan fingerprint density at radius 2 is 1.79 bits per heavy atom. The molecule has 1 N–H and O–H groups in total. The Balaban J connectivity index is 1.59. The second-order valence-electron chi connectivity index (χ2n) is 8.58. The van der Waals surface area contributed by atoms with Crippen LogP contribution >= 0.6 is 0 Å². The topological polar surface area (TPSA) is 69.7 Å². The molecule has 0 unspecified atom stereocenters. The number of carbonyl (C=O) groups is 1. The highest BCUT2D eigenvalue weighted by atomic mass is 32.2. The van der Waals surface area contributed by atoms with Crippen molar-refractivity contribution >= 4 is 15.9 Å². The van der Waals surface area contributed by atoms with E-state index in [1.54, 1.807) is 22.5 Å². The summed E-state index contributed by atoms with van der Waals surface area (Å²) in [5.74, 6) is 0.371. The maximum absolute atomic E-state index is 13.0. The first-order valence-corrected chi connectivity index (χ1v) is 12.4. The second-order valence-corrected chi connectivity index (χ2v) is 10.5. The molecule has 1 amide bonds. The molecule has 0 bridgehead atoms. The van der Waals surface area contributed by atoms with E-state index >= 15 is 0 Å². The summed E-state index contributed by atoms with van der Waals surface area (Å²) < 4.78 is 27.6. The maximum atomic E-state index is 13.0. The Kier molecular flexibility index (Phi) is 7.71. The van der Waals surface area contributed by atoms with E-state index in [1.807, 2.05) is 6.92 Å². The fourth-order valence-corrected chi connectivity index (χ4v) is 5.66. The van der Waals surface area contributed by atoms with Crippen LogP contribution in [-0.4, -0.2) is 62.8 Å². The first-order valence-electron chi connectivity index (χ1n) is 11.0. The Morgan fingerprint density at radius 1 is 1.10 bits per heavy atom. The molecule has 0 aromatic heterocycles. The molecular formula is C22H35N3O3S. The standard InChI is InChI=1S/C22H35N3O3S/c1-18-9-15-25(16-10-18)29(27,28)20-8-7-19(2)21(17-20)22(26)23-11-6-14-24-12-4-3-5-13-24/h7-8,17-18H,3-6,9-16H2,1-2H3,(H,23,26). The molecule has 6 nitrogen and oxygen atoms in total. The van der Waals surface area contributed by atoms with Crippen LogP contribution in [0.4, 0.5) is 0 Å². The van der Waals surface area contributed by atoms with Gasteiger partial charge >= 0.3 is 0 Å². The van der Waals surface area contributed by atoms with Gasteiger partial charge in [-0.15, -0.1) is 0 Å². The van der Waals surface area contributed by atoms with Crippen molar-refractivity contribution in [3.05, 3.63) is 29.3 Å². The van der Waals surface area contributed by atoms with Crippen LogP contribution in [0.2, 0.25) is 0 Å². The first-order chi connectivity index (χ1) is 13.9. The molecule has 7 heteroatoms. The predicted molar refractivity (Wildman–Crippen MR) is 116 cm³/mol. The molecule has 162 valence electrons. The summed E-state index contributed by atoms with van der Waals surface area (Å²) in [7, 11) is -3.55. The lowest BCUT2D eigenvalue weighted by molar-refractivity contribution is 0.0950. The van der Waals surface area contributed by atoms with Crippen molar-refractivity contribution in [1.29, 1.82) is 0 Å². The molecule has 3 rings (SSSR count). The molecule has 2 heterocycles. The highest BCUT2D eigenvalue weighted by Crippen LogP contribution is 2.25. The normalized spacial score (nSPS) is 19.9. The van der Waals surface area contributed by atoms with Crippen LogP contribution in [0.25, 0.3) is 0 Å². The zero-order valence-corrected chi connectivity index (χ0v) is 18.6. The number of hydrogen-bond acceptors (Lipinski definition) is 4. The molecule has 2 saturated heterocycles. The van der Waals surface area contributed by atoms with E-state index in [0.717, 1.165) is 44.5 Å². The van der Waals surface area contributed by atoms with Gasteiger partial charge in [0.1, 0.15) is 0 Å². The summed E-state index contributed by atoms with van der Waals surface area (Å²) in [6.07, 6.45) is 6.54. The zero-order valence-electron chi connectivity index (χ0n) is 17.8. The van der Waals surface area contributed by atoms with Gasteiger partial charge < -0.3 is 10.2 Å². The fraction of sp³-hybridized carbons (Fsp3) is 0.682. The van der Waals surface area contributed by atoms with Gasteiger partial charge in [0.15, 0.2) is 0 Å². The van der Waals surface area contributed by atoms with E-state index in [4.69, 9.17) is 0 Å². The SMILES string of the molecule is Cc1ccc(S(=O)(=O)N2CCC(C)CC2)cc1C(=O)NCCCN1CCCCC1. The van der Waals surface area contributed by atoms with Gasteiger partial charge in [-0.3, -0.25) is 4.79 Å². The number of likely N-dealkylation sites (tertiary alicyclic amines) is 1. The number of hydrogen-bond donors (Lipinski definition) is 1. The van der Waals surface area contributed by atoms with Crippen molar-refractivity contribution in [3.63, 3.8) is 0 Å². The van der Waals surface area contributed by atoms with Gasteiger partial charge in [0.25, 0.3) is 5.91 Å². The number of piperidine rings is 2. The third-order valence-electron chi connectivity index (χ3n) is 6.22. The van der Waals surface area contributed by atoms with Crippen LogP contribution in [-0.2, 0) is 10.0 Å². The van der Waals surface area contributed by atoms with Crippen molar-refractivity contribution in [1.82, 2.24) is 14.5 Å². The second kappa shape index (κ2) is 10.0. The van der Waals surface area contributed by atoms with E-state index in [1.165, 1.54) is 19.3 Å². The molecule has 1 aromatic rings.